The molecule has 0 unspecified atom stereocenters. The molecular weight excluding hydrogens is 473 g/mol. The number of methoxy groups -OCH3 is 2. The summed E-state index contributed by atoms with van der Waals surface area (Å²) < 4.78 is 10.9. The number of carbonyl (C=O) groups excluding carboxylic acids is 2. The topological polar surface area (TPSA) is 84.9 Å². The Hall–Kier alpha value is -2.03. The van der Waals surface area contributed by atoms with Crippen molar-refractivity contribution in [2.24, 2.45) is 5.41 Å². The number of nitrogens with one attached hydrogen (secondary N) is 1. The molecule has 0 aromatic heterocycles. The van der Waals surface area contributed by atoms with E-state index in [1.54, 1.807) is 12.1 Å². The molecule has 6 nitrogen and oxygen atoms in total. The molecule has 2 aliphatic rings. The van der Waals surface area contributed by atoms with Crippen molar-refractivity contribution in [3.63, 3.8) is 0 Å². The lowest BCUT2D eigenvalue weighted by Crippen LogP contribution is -2.38. The number of Topliss-reactive ketones (excluding diaryl/α,β-unsaturated/α-hetero) is 1. The molecule has 1 heterocycles. The van der Waals surface area contributed by atoms with Crippen molar-refractivity contribution >= 4 is 34.3 Å². The van der Waals surface area contributed by atoms with E-state index in [4.69, 9.17) is 9.47 Å². The van der Waals surface area contributed by atoms with Crippen molar-refractivity contribution in [3.05, 3.63) is 43.8 Å². The highest BCUT2D eigenvalue weighted by Gasteiger charge is 2.43. The molecule has 0 saturated heterocycles. The SMILES string of the molecule is COC(=O)C1=C(C)NC2=C(C(=O)CC(C)(C)C2)[C@@H]1c1cc(I)c(O)c(OC)c1. The molecule has 0 bridgehead atoms. The zero-order valence-corrected chi connectivity index (χ0v) is 18.8. The molecular formula is C21H24INO5. The Labute approximate surface area is 178 Å². The van der Waals surface area contributed by atoms with Gasteiger partial charge < -0.3 is 19.9 Å². The maximum absolute atomic E-state index is 13.1. The van der Waals surface area contributed by atoms with Gasteiger partial charge in [0.05, 0.1) is 23.4 Å². The number of halogens is 1. The largest absolute Gasteiger partial charge is 0.504 e. The lowest BCUT2D eigenvalue weighted by Gasteiger charge is -2.39. The van der Waals surface area contributed by atoms with E-state index in [-0.39, 0.29) is 16.9 Å². The molecule has 1 atom stereocenters. The number of phenolic OH excluding ortho intramolecular Hbond substituents is 1. The van der Waals surface area contributed by atoms with Crippen molar-refractivity contribution in [3.8, 4) is 11.5 Å². The second-order valence-electron chi connectivity index (χ2n) is 7.98. The second kappa shape index (κ2) is 7.42. The summed E-state index contributed by atoms with van der Waals surface area (Å²) >= 11 is 2.01. The zero-order valence-electron chi connectivity index (χ0n) is 16.6. The normalized spacial score (nSPS) is 21.2. The molecule has 0 radical (unpaired) electrons. The number of ketones is 1. The molecule has 3 rings (SSSR count). The van der Waals surface area contributed by atoms with Gasteiger partial charge in [0, 0.05) is 29.3 Å². The molecule has 0 fully saturated rings. The summed E-state index contributed by atoms with van der Waals surface area (Å²) in [6.45, 7) is 5.94. The van der Waals surface area contributed by atoms with Crippen LogP contribution in [-0.2, 0) is 14.3 Å². The maximum Gasteiger partial charge on any atom is 0.336 e. The smallest absolute Gasteiger partial charge is 0.336 e. The number of allylic oxidation sites excluding steroid dienone is 3. The maximum atomic E-state index is 13.1. The van der Waals surface area contributed by atoms with Gasteiger partial charge in [-0.15, -0.1) is 0 Å². The summed E-state index contributed by atoms with van der Waals surface area (Å²) in [6, 6.07) is 3.46. The van der Waals surface area contributed by atoms with E-state index in [0.717, 1.165) is 5.70 Å². The van der Waals surface area contributed by atoms with E-state index < -0.39 is 11.9 Å². The van der Waals surface area contributed by atoms with Gasteiger partial charge in [-0.1, -0.05) is 13.8 Å². The molecule has 1 aliphatic heterocycles. The lowest BCUT2D eigenvalue weighted by molar-refractivity contribution is -0.136. The Morgan fingerprint density at radius 2 is 1.96 bits per heavy atom. The van der Waals surface area contributed by atoms with Crippen LogP contribution in [0.3, 0.4) is 0 Å². The third kappa shape index (κ3) is 3.52. The Bertz CT molecular complexity index is 929. The van der Waals surface area contributed by atoms with E-state index in [0.29, 0.717) is 44.6 Å². The minimum atomic E-state index is -0.574. The van der Waals surface area contributed by atoms with Gasteiger partial charge >= 0.3 is 5.97 Å². The van der Waals surface area contributed by atoms with Crippen LogP contribution in [0, 0.1) is 8.99 Å². The number of phenols is 1. The molecule has 0 spiro atoms. The lowest BCUT2D eigenvalue weighted by atomic mass is 9.68. The fourth-order valence-electron chi connectivity index (χ4n) is 4.07. The van der Waals surface area contributed by atoms with E-state index in [2.05, 4.69) is 19.2 Å². The Morgan fingerprint density at radius 3 is 2.57 bits per heavy atom. The number of aromatic hydroxyl groups is 1. The number of rotatable bonds is 3. The number of esters is 1. The first-order chi connectivity index (χ1) is 13.1. The number of benzene rings is 1. The number of hydrogen-bond acceptors (Lipinski definition) is 6. The van der Waals surface area contributed by atoms with Crippen molar-refractivity contribution in [1.82, 2.24) is 5.32 Å². The minimum absolute atomic E-state index is 0.0136. The van der Waals surface area contributed by atoms with Gasteiger partial charge in [-0.2, -0.15) is 0 Å². The van der Waals surface area contributed by atoms with Crippen LogP contribution in [-0.4, -0.2) is 31.1 Å². The van der Waals surface area contributed by atoms with Crippen LogP contribution >= 0.6 is 22.6 Å². The zero-order chi connectivity index (χ0) is 20.8. The molecule has 1 aromatic rings. The van der Waals surface area contributed by atoms with Gasteiger partial charge in [0.25, 0.3) is 0 Å². The van der Waals surface area contributed by atoms with Crippen LogP contribution in [0.2, 0.25) is 0 Å². The standard InChI is InChI=1S/C21H24INO5/c1-10-16(20(26)28-5)17(11-6-12(22)19(25)15(7-11)27-4)18-13(23-10)8-21(2,3)9-14(18)24/h6-7,17,23,25H,8-9H2,1-5H3/t17-/m1/s1. The average molecular weight is 497 g/mol. The van der Waals surface area contributed by atoms with Crippen LogP contribution in [0.15, 0.2) is 34.7 Å². The fraction of sp³-hybridized carbons (Fsp3) is 0.429. The fourth-order valence-corrected chi connectivity index (χ4v) is 4.69. The third-order valence-corrected chi connectivity index (χ3v) is 6.07. The van der Waals surface area contributed by atoms with E-state index in [1.807, 2.05) is 29.5 Å². The average Bonchev–Trinajstić information content (AvgIpc) is 2.61. The molecule has 7 heteroatoms. The molecule has 2 N–H and O–H groups in total. The van der Waals surface area contributed by atoms with Crippen LogP contribution < -0.4 is 10.1 Å². The van der Waals surface area contributed by atoms with Crippen LogP contribution in [0.5, 0.6) is 11.5 Å². The Balaban J connectivity index is 2.27. The summed E-state index contributed by atoms with van der Waals surface area (Å²) in [7, 11) is 2.80. The summed E-state index contributed by atoms with van der Waals surface area (Å²) in [5.74, 6) is -0.712. The van der Waals surface area contributed by atoms with E-state index in [1.165, 1.54) is 14.2 Å². The predicted molar refractivity (Wildman–Crippen MR) is 113 cm³/mol. The quantitative estimate of drug-likeness (QED) is 0.489. The van der Waals surface area contributed by atoms with E-state index >= 15 is 0 Å². The number of hydrogen-bond donors (Lipinski definition) is 2. The molecule has 0 amide bonds. The summed E-state index contributed by atoms with van der Waals surface area (Å²) in [5.41, 5.74) is 3.06. The highest BCUT2D eigenvalue weighted by atomic mass is 127. The van der Waals surface area contributed by atoms with Crippen molar-refractivity contribution < 1.29 is 24.2 Å². The second-order valence-corrected chi connectivity index (χ2v) is 9.14. The first kappa shape index (κ1) is 20.7. The van der Waals surface area contributed by atoms with Crippen LogP contribution in [0.1, 0.15) is 45.1 Å². The predicted octanol–water partition coefficient (Wildman–Crippen LogP) is 3.78. The van der Waals surface area contributed by atoms with Crippen LogP contribution in [0.25, 0.3) is 0 Å². The van der Waals surface area contributed by atoms with Crippen molar-refractivity contribution in [2.45, 2.75) is 39.5 Å². The molecule has 150 valence electrons. The monoisotopic (exact) mass is 497 g/mol. The number of carbonyl (C=O) groups is 2. The van der Waals surface area contributed by atoms with Crippen molar-refractivity contribution in [1.29, 1.82) is 0 Å². The van der Waals surface area contributed by atoms with Crippen LogP contribution in [0.4, 0.5) is 0 Å². The number of ether oxygens (including phenoxy) is 2. The molecule has 1 aromatic carbocycles. The summed E-state index contributed by atoms with van der Waals surface area (Å²) in [4.78, 5) is 25.8. The molecule has 1 aliphatic carbocycles. The summed E-state index contributed by atoms with van der Waals surface area (Å²) in [5, 5.41) is 13.5. The first-order valence-electron chi connectivity index (χ1n) is 8.98. The van der Waals surface area contributed by atoms with Gasteiger partial charge in [-0.3, -0.25) is 4.79 Å². The van der Waals surface area contributed by atoms with Crippen molar-refractivity contribution in [2.75, 3.05) is 14.2 Å². The Kier molecular flexibility index (Phi) is 5.49. The minimum Gasteiger partial charge on any atom is -0.504 e. The third-order valence-electron chi connectivity index (χ3n) is 5.25. The van der Waals surface area contributed by atoms with Gasteiger partial charge in [0.15, 0.2) is 17.3 Å². The van der Waals surface area contributed by atoms with Gasteiger partial charge in [-0.25, -0.2) is 4.79 Å². The van der Waals surface area contributed by atoms with Gasteiger partial charge in [0.1, 0.15) is 0 Å². The van der Waals surface area contributed by atoms with Gasteiger partial charge in [0.2, 0.25) is 0 Å². The Morgan fingerprint density at radius 1 is 1.29 bits per heavy atom. The van der Waals surface area contributed by atoms with Gasteiger partial charge in [-0.05, 0) is 59.0 Å². The number of dihydropyridines is 1. The summed E-state index contributed by atoms with van der Waals surface area (Å²) in [6.07, 6.45) is 1.12. The highest BCUT2D eigenvalue weighted by molar-refractivity contribution is 14.1. The molecule has 0 saturated carbocycles. The first-order valence-corrected chi connectivity index (χ1v) is 10.1. The molecule has 28 heavy (non-hydrogen) atoms. The van der Waals surface area contributed by atoms with E-state index in [9.17, 15) is 14.7 Å². The highest BCUT2D eigenvalue weighted by Crippen LogP contribution is 2.48.